The standard InChI is InChI=1S/C31H51N3O4S/c1-10-17-32(9)25(36)22-23-26(37)33(19-13-12-14-20-35)24(31(23)16-15-30(22,8)39-31)27(38)34(18-11-2)29(6,7)21-28(3,4)5/h10-11,22-24,35H,1-2,12-21H2,3-9H3/t22-,23+,24?,30+,31?/m1/s1. The molecule has 2 bridgehead atoms. The Morgan fingerprint density at radius 3 is 2.28 bits per heavy atom. The number of fused-ring (bicyclic) bond motifs is 1. The fourth-order valence-electron chi connectivity index (χ4n) is 7.72. The van der Waals surface area contributed by atoms with Gasteiger partial charge >= 0.3 is 0 Å². The van der Waals surface area contributed by atoms with E-state index in [9.17, 15) is 19.5 Å². The molecule has 39 heavy (non-hydrogen) atoms. The number of nitrogens with zero attached hydrogens (tertiary/aromatic N) is 3. The molecule has 3 aliphatic rings. The topological polar surface area (TPSA) is 81.2 Å². The maximum absolute atomic E-state index is 14.8. The van der Waals surface area contributed by atoms with Gasteiger partial charge in [0.2, 0.25) is 17.7 Å². The second-order valence-corrected chi connectivity index (χ2v) is 15.7. The van der Waals surface area contributed by atoms with Crippen LogP contribution in [0.15, 0.2) is 25.3 Å². The van der Waals surface area contributed by atoms with Gasteiger partial charge in [0.1, 0.15) is 6.04 Å². The normalized spacial score (nSPS) is 29.9. The third-order valence-corrected chi connectivity index (χ3v) is 10.9. The number of hydrogen-bond donors (Lipinski definition) is 1. The first kappa shape index (κ1) is 31.7. The molecule has 0 saturated carbocycles. The molecule has 1 spiro atoms. The highest BCUT2D eigenvalue weighted by molar-refractivity contribution is 8.02. The van der Waals surface area contributed by atoms with Gasteiger partial charge in [-0.2, -0.15) is 0 Å². The molecular weight excluding hydrogens is 510 g/mol. The van der Waals surface area contributed by atoms with Gasteiger partial charge in [-0.15, -0.1) is 24.9 Å². The second kappa shape index (κ2) is 11.6. The molecule has 3 rings (SSSR count). The summed E-state index contributed by atoms with van der Waals surface area (Å²) >= 11 is 1.72. The number of unbranched alkanes of at least 4 members (excludes halogenated alkanes) is 2. The first-order valence-corrected chi connectivity index (χ1v) is 15.3. The van der Waals surface area contributed by atoms with E-state index in [0.29, 0.717) is 32.5 Å². The number of likely N-dealkylation sites (N-methyl/N-ethyl adjacent to an activating group) is 1. The number of rotatable bonds is 13. The fraction of sp³-hybridized carbons (Fsp3) is 0.774. The van der Waals surface area contributed by atoms with E-state index in [1.807, 2.05) is 4.90 Å². The molecule has 1 N–H and O–H groups in total. The van der Waals surface area contributed by atoms with Gasteiger partial charge < -0.3 is 19.8 Å². The van der Waals surface area contributed by atoms with Crippen LogP contribution in [0.5, 0.6) is 0 Å². The number of thioether (sulfide) groups is 1. The van der Waals surface area contributed by atoms with Crippen molar-refractivity contribution in [3.8, 4) is 0 Å². The summed E-state index contributed by atoms with van der Waals surface area (Å²) in [6.07, 6.45) is 7.97. The molecule has 220 valence electrons. The average Bonchev–Trinajstić information content (AvgIpc) is 3.38. The molecule has 0 aromatic rings. The van der Waals surface area contributed by atoms with Gasteiger partial charge in [0.25, 0.3) is 0 Å². The molecule has 0 aromatic carbocycles. The van der Waals surface area contributed by atoms with Crippen LogP contribution in [0.2, 0.25) is 0 Å². The van der Waals surface area contributed by atoms with E-state index in [2.05, 4.69) is 54.7 Å². The molecule has 3 saturated heterocycles. The lowest BCUT2D eigenvalue weighted by atomic mass is 9.66. The van der Waals surface area contributed by atoms with Crippen LogP contribution in [0.1, 0.15) is 80.1 Å². The Balaban J connectivity index is 2.08. The van der Waals surface area contributed by atoms with Crippen molar-refractivity contribution < 1.29 is 19.5 Å². The van der Waals surface area contributed by atoms with Crippen molar-refractivity contribution in [3.05, 3.63) is 25.3 Å². The Hall–Kier alpha value is -1.80. The van der Waals surface area contributed by atoms with Crippen molar-refractivity contribution in [2.45, 2.75) is 101 Å². The van der Waals surface area contributed by atoms with Crippen molar-refractivity contribution >= 4 is 29.5 Å². The number of amides is 3. The van der Waals surface area contributed by atoms with Crippen LogP contribution < -0.4 is 0 Å². The quantitative estimate of drug-likeness (QED) is 0.265. The molecule has 2 unspecified atom stereocenters. The van der Waals surface area contributed by atoms with Gasteiger partial charge in [0, 0.05) is 43.6 Å². The monoisotopic (exact) mass is 561 g/mol. The smallest absolute Gasteiger partial charge is 0.247 e. The van der Waals surface area contributed by atoms with Gasteiger partial charge in [-0.25, -0.2) is 0 Å². The van der Waals surface area contributed by atoms with E-state index in [-0.39, 0.29) is 29.7 Å². The minimum Gasteiger partial charge on any atom is -0.396 e. The summed E-state index contributed by atoms with van der Waals surface area (Å²) in [4.78, 5) is 48.3. The summed E-state index contributed by atoms with van der Waals surface area (Å²) in [5, 5.41) is 9.30. The number of likely N-dealkylation sites (tertiary alicyclic amines) is 1. The maximum atomic E-state index is 14.8. The van der Waals surface area contributed by atoms with Gasteiger partial charge in [0.05, 0.1) is 16.6 Å². The Kier molecular flexibility index (Phi) is 9.43. The number of aliphatic hydroxyl groups is 1. The lowest BCUT2D eigenvalue weighted by Crippen LogP contribution is -2.60. The Morgan fingerprint density at radius 2 is 1.72 bits per heavy atom. The predicted molar refractivity (Wildman–Crippen MR) is 159 cm³/mol. The van der Waals surface area contributed by atoms with Crippen LogP contribution in [0.3, 0.4) is 0 Å². The van der Waals surface area contributed by atoms with E-state index >= 15 is 0 Å². The van der Waals surface area contributed by atoms with Crippen molar-refractivity contribution in [2.24, 2.45) is 17.3 Å². The fourth-order valence-corrected chi connectivity index (χ4v) is 10.1. The zero-order chi connectivity index (χ0) is 29.4. The van der Waals surface area contributed by atoms with Gasteiger partial charge in [-0.3, -0.25) is 14.4 Å². The minimum absolute atomic E-state index is 0.000783. The zero-order valence-corrected chi connectivity index (χ0v) is 26.1. The molecule has 0 aromatic heterocycles. The third-order valence-electron chi connectivity index (χ3n) is 8.88. The number of hydrogen-bond acceptors (Lipinski definition) is 5. The van der Waals surface area contributed by atoms with Crippen LogP contribution >= 0.6 is 11.8 Å². The highest BCUT2D eigenvalue weighted by Gasteiger charge is 2.77. The molecule has 3 heterocycles. The molecule has 3 fully saturated rings. The summed E-state index contributed by atoms with van der Waals surface area (Å²) in [6, 6.07) is -0.627. The van der Waals surface area contributed by atoms with Crippen LogP contribution in [0.25, 0.3) is 0 Å². The molecule has 3 aliphatic heterocycles. The Labute approximate surface area is 240 Å². The van der Waals surface area contributed by atoms with Crippen molar-refractivity contribution in [2.75, 3.05) is 33.3 Å². The van der Waals surface area contributed by atoms with E-state index in [1.54, 1.807) is 40.8 Å². The van der Waals surface area contributed by atoms with Gasteiger partial charge in [-0.05, 0) is 64.7 Å². The summed E-state index contributed by atoms with van der Waals surface area (Å²) in [7, 11) is 1.77. The van der Waals surface area contributed by atoms with Crippen LogP contribution in [0, 0.1) is 17.3 Å². The summed E-state index contributed by atoms with van der Waals surface area (Å²) < 4.78 is -1.02. The van der Waals surface area contributed by atoms with E-state index in [1.165, 1.54) is 0 Å². The second-order valence-electron chi connectivity index (χ2n) is 13.8. The summed E-state index contributed by atoms with van der Waals surface area (Å²) in [5.74, 6) is -1.13. The lowest BCUT2D eigenvalue weighted by Gasteiger charge is -2.46. The first-order valence-electron chi connectivity index (χ1n) is 14.5. The highest BCUT2D eigenvalue weighted by atomic mass is 32.2. The predicted octanol–water partition coefficient (Wildman–Crippen LogP) is 4.50. The van der Waals surface area contributed by atoms with Crippen molar-refractivity contribution in [1.29, 1.82) is 0 Å². The average molecular weight is 562 g/mol. The number of carbonyl (C=O) groups excluding carboxylic acids is 3. The Morgan fingerprint density at radius 1 is 1.08 bits per heavy atom. The number of aliphatic hydroxyl groups excluding tert-OH is 1. The van der Waals surface area contributed by atoms with Gasteiger partial charge in [0.15, 0.2) is 0 Å². The Bertz CT molecular complexity index is 975. The molecule has 5 atom stereocenters. The molecule has 0 radical (unpaired) electrons. The summed E-state index contributed by atoms with van der Waals surface area (Å²) in [6.45, 7) is 22.0. The summed E-state index contributed by atoms with van der Waals surface area (Å²) in [5.41, 5.74) is -0.449. The first-order chi connectivity index (χ1) is 18.1. The molecular formula is C31H51N3O4S. The van der Waals surface area contributed by atoms with Crippen molar-refractivity contribution in [1.82, 2.24) is 14.7 Å². The largest absolute Gasteiger partial charge is 0.396 e. The molecule has 8 heteroatoms. The van der Waals surface area contributed by atoms with E-state index < -0.39 is 32.9 Å². The minimum atomic E-state index is -0.632. The third kappa shape index (κ3) is 5.83. The van der Waals surface area contributed by atoms with E-state index in [0.717, 1.165) is 25.7 Å². The zero-order valence-electron chi connectivity index (χ0n) is 25.3. The molecule has 3 amide bonds. The highest BCUT2D eigenvalue weighted by Crippen LogP contribution is 2.71. The number of carbonyl (C=O) groups is 3. The molecule has 7 nitrogen and oxygen atoms in total. The molecule has 0 aliphatic carbocycles. The van der Waals surface area contributed by atoms with Crippen LogP contribution in [0.4, 0.5) is 0 Å². The SMILES string of the molecule is C=CCN(C)C(=O)[C@H]1[C@H]2C(=O)N(CCCCCO)C(C(=O)N(CC=C)C(C)(C)CC(C)(C)C)C23CC[C@]1(C)S3. The van der Waals surface area contributed by atoms with Crippen LogP contribution in [-0.4, -0.2) is 91.9 Å². The van der Waals surface area contributed by atoms with Crippen LogP contribution in [-0.2, 0) is 14.4 Å². The van der Waals surface area contributed by atoms with Crippen molar-refractivity contribution in [3.63, 3.8) is 0 Å². The van der Waals surface area contributed by atoms with E-state index in [4.69, 9.17) is 0 Å². The lowest BCUT2D eigenvalue weighted by molar-refractivity contribution is -0.147. The van der Waals surface area contributed by atoms with Gasteiger partial charge in [-0.1, -0.05) is 32.9 Å². The maximum Gasteiger partial charge on any atom is 0.247 e.